The summed E-state index contributed by atoms with van der Waals surface area (Å²) in [5, 5.41) is 17.6. The summed E-state index contributed by atoms with van der Waals surface area (Å²) in [4.78, 5) is 23.2. The number of nitrogen functional groups attached to an aromatic ring is 1. The third-order valence-corrected chi connectivity index (χ3v) is 3.77. The highest BCUT2D eigenvalue weighted by atomic mass is 32.2. The van der Waals surface area contributed by atoms with Gasteiger partial charge in [0.05, 0.1) is 12.0 Å². The van der Waals surface area contributed by atoms with Crippen molar-refractivity contribution >= 4 is 29.4 Å². The highest BCUT2D eigenvalue weighted by Gasteiger charge is 2.08. The number of anilines is 1. The van der Waals surface area contributed by atoms with E-state index in [0.29, 0.717) is 0 Å². The van der Waals surface area contributed by atoms with Gasteiger partial charge in [-0.1, -0.05) is 23.9 Å². The number of hydrogen-bond donors (Lipinski definition) is 3. The Morgan fingerprint density at radius 2 is 1.62 bits per heavy atom. The Hall–Kier alpha value is -2.47. The zero-order chi connectivity index (χ0) is 15.4. The lowest BCUT2D eigenvalue weighted by molar-refractivity contribution is -0.136. The molecule has 0 radical (unpaired) electrons. The lowest BCUT2D eigenvalue weighted by Gasteiger charge is -2.06. The van der Waals surface area contributed by atoms with Gasteiger partial charge >= 0.3 is 11.9 Å². The van der Waals surface area contributed by atoms with Gasteiger partial charge < -0.3 is 15.9 Å². The van der Waals surface area contributed by atoms with E-state index in [1.165, 1.54) is 17.8 Å². The molecule has 0 fully saturated rings. The first-order valence-electron chi connectivity index (χ1n) is 6.07. The molecule has 0 saturated carbocycles. The van der Waals surface area contributed by atoms with Gasteiger partial charge in [0.25, 0.3) is 0 Å². The van der Waals surface area contributed by atoms with Gasteiger partial charge in [-0.25, -0.2) is 4.79 Å². The summed E-state index contributed by atoms with van der Waals surface area (Å²) in [6.07, 6.45) is -0.00873. The third-order valence-electron chi connectivity index (χ3n) is 2.77. The minimum absolute atomic E-state index is 0.00873. The maximum atomic E-state index is 10.9. The molecule has 0 aliphatic heterocycles. The first-order valence-corrected chi connectivity index (χ1v) is 6.89. The summed E-state index contributed by atoms with van der Waals surface area (Å²) in [6.45, 7) is 0. The summed E-state index contributed by atoms with van der Waals surface area (Å²) in [5.74, 6) is -1.92. The third kappa shape index (κ3) is 4.00. The maximum Gasteiger partial charge on any atom is 0.337 e. The molecule has 0 saturated heterocycles. The van der Waals surface area contributed by atoms with Gasteiger partial charge in [-0.2, -0.15) is 0 Å². The van der Waals surface area contributed by atoms with Crippen LogP contribution in [0.5, 0.6) is 0 Å². The van der Waals surface area contributed by atoms with E-state index in [0.717, 1.165) is 15.4 Å². The Morgan fingerprint density at radius 3 is 2.14 bits per heavy atom. The Labute approximate surface area is 125 Å². The van der Waals surface area contributed by atoms with Crippen LogP contribution in [0.25, 0.3) is 0 Å². The van der Waals surface area contributed by atoms with E-state index < -0.39 is 11.9 Å². The fourth-order valence-corrected chi connectivity index (χ4v) is 2.65. The average Bonchev–Trinajstić information content (AvgIpc) is 2.40. The molecule has 0 amide bonds. The Morgan fingerprint density at radius 1 is 1.00 bits per heavy atom. The number of carboxylic acid groups (broad SMARTS) is 2. The summed E-state index contributed by atoms with van der Waals surface area (Å²) >= 11 is 1.43. The predicted octanol–water partition coefficient (Wildman–Crippen LogP) is 2.75. The molecule has 0 spiro atoms. The van der Waals surface area contributed by atoms with Crippen LogP contribution in [0.3, 0.4) is 0 Å². The molecule has 2 rings (SSSR count). The van der Waals surface area contributed by atoms with Gasteiger partial charge in [0.15, 0.2) is 0 Å². The van der Waals surface area contributed by atoms with Crippen LogP contribution in [-0.2, 0) is 11.2 Å². The van der Waals surface area contributed by atoms with Crippen molar-refractivity contribution in [3.8, 4) is 0 Å². The molecular formula is C15H13NO4S. The lowest BCUT2D eigenvalue weighted by atomic mass is 10.2. The van der Waals surface area contributed by atoms with Crippen LogP contribution in [0.2, 0.25) is 0 Å². The van der Waals surface area contributed by atoms with E-state index in [1.807, 2.05) is 12.1 Å². The highest BCUT2D eigenvalue weighted by molar-refractivity contribution is 7.99. The summed E-state index contributed by atoms with van der Waals surface area (Å²) in [7, 11) is 0. The molecule has 5 nitrogen and oxygen atoms in total. The number of hydrogen-bond acceptors (Lipinski definition) is 4. The van der Waals surface area contributed by atoms with Crippen molar-refractivity contribution in [3.63, 3.8) is 0 Å². The van der Waals surface area contributed by atoms with Crippen molar-refractivity contribution in [2.75, 3.05) is 5.73 Å². The molecule has 0 heterocycles. The van der Waals surface area contributed by atoms with Gasteiger partial charge in [-0.3, -0.25) is 4.79 Å². The SMILES string of the molecule is Nc1cc(Sc2ccc(CC(=O)O)cc2)ccc1C(=O)O. The number of benzene rings is 2. The summed E-state index contributed by atoms with van der Waals surface area (Å²) in [6, 6.07) is 11.9. The first-order chi connectivity index (χ1) is 9.95. The predicted molar refractivity (Wildman–Crippen MR) is 79.7 cm³/mol. The molecule has 2 aromatic carbocycles. The van der Waals surface area contributed by atoms with Crippen molar-refractivity contribution in [1.29, 1.82) is 0 Å². The van der Waals surface area contributed by atoms with E-state index in [1.54, 1.807) is 24.3 Å². The normalized spacial score (nSPS) is 10.3. The first kappa shape index (κ1) is 14.9. The second-order valence-electron chi connectivity index (χ2n) is 4.37. The van der Waals surface area contributed by atoms with Crippen LogP contribution < -0.4 is 5.73 Å². The highest BCUT2D eigenvalue weighted by Crippen LogP contribution is 2.30. The van der Waals surface area contributed by atoms with Gasteiger partial charge in [0, 0.05) is 15.5 Å². The minimum atomic E-state index is -1.05. The Balaban J connectivity index is 2.13. The van der Waals surface area contributed by atoms with E-state index >= 15 is 0 Å². The van der Waals surface area contributed by atoms with Crippen LogP contribution in [0.15, 0.2) is 52.3 Å². The van der Waals surface area contributed by atoms with Crippen molar-refractivity contribution < 1.29 is 19.8 Å². The molecule has 6 heteroatoms. The maximum absolute atomic E-state index is 10.9. The van der Waals surface area contributed by atoms with Gasteiger partial charge in [-0.15, -0.1) is 0 Å². The van der Waals surface area contributed by atoms with Crippen molar-refractivity contribution in [1.82, 2.24) is 0 Å². The smallest absolute Gasteiger partial charge is 0.337 e. The molecule has 0 aliphatic carbocycles. The molecule has 21 heavy (non-hydrogen) atoms. The molecule has 0 aromatic heterocycles. The molecule has 0 unspecified atom stereocenters. The molecule has 2 aromatic rings. The fraction of sp³-hybridized carbons (Fsp3) is 0.0667. The number of carboxylic acids is 2. The number of rotatable bonds is 5. The standard InChI is InChI=1S/C15H13NO4S/c16-13-8-11(5-6-12(13)15(19)20)21-10-3-1-9(2-4-10)7-14(17)18/h1-6,8H,7,16H2,(H,17,18)(H,19,20). The van der Waals surface area contributed by atoms with Gasteiger partial charge in [-0.05, 0) is 35.9 Å². The average molecular weight is 303 g/mol. The van der Waals surface area contributed by atoms with Crippen molar-refractivity contribution in [2.45, 2.75) is 16.2 Å². The Kier molecular flexibility index (Phi) is 4.49. The molecule has 4 N–H and O–H groups in total. The minimum Gasteiger partial charge on any atom is -0.481 e. The number of aromatic carboxylic acids is 1. The van der Waals surface area contributed by atoms with Gasteiger partial charge in [0.1, 0.15) is 0 Å². The van der Waals surface area contributed by atoms with Crippen molar-refractivity contribution in [2.24, 2.45) is 0 Å². The monoisotopic (exact) mass is 303 g/mol. The van der Waals surface area contributed by atoms with Crippen molar-refractivity contribution in [3.05, 3.63) is 53.6 Å². The van der Waals surface area contributed by atoms with Crippen LogP contribution in [-0.4, -0.2) is 22.2 Å². The number of carbonyl (C=O) groups is 2. The number of aliphatic carboxylic acids is 1. The summed E-state index contributed by atoms with van der Waals surface area (Å²) in [5.41, 5.74) is 6.72. The molecule has 0 aliphatic rings. The Bertz CT molecular complexity index is 683. The topological polar surface area (TPSA) is 101 Å². The van der Waals surface area contributed by atoms with Gasteiger partial charge in [0.2, 0.25) is 0 Å². The summed E-state index contributed by atoms with van der Waals surface area (Å²) < 4.78 is 0. The van der Waals surface area contributed by atoms with E-state index in [4.69, 9.17) is 15.9 Å². The lowest BCUT2D eigenvalue weighted by Crippen LogP contribution is -2.01. The van der Waals surface area contributed by atoms with E-state index in [2.05, 4.69) is 0 Å². The quantitative estimate of drug-likeness (QED) is 0.734. The second-order valence-corrected chi connectivity index (χ2v) is 5.52. The zero-order valence-electron chi connectivity index (χ0n) is 10.9. The molecular weight excluding hydrogens is 290 g/mol. The number of nitrogens with two attached hydrogens (primary N) is 1. The van der Waals surface area contributed by atoms with Crippen LogP contribution in [0.1, 0.15) is 15.9 Å². The van der Waals surface area contributed by atoms with E-state index in [-0.39, 0.29) is 17.7 Å². The van der Waals surface area contributed by atoms with Crippen LogP contribution in [0.4, 0.5) is 5.69 Å². The largest absolute Gasteiger partial charge is 0.481 e. The van der Waals surface area contributed by atoms with Crippen LogP contribution in [0, 0.1) is 0 Å². The molecule has 0 atom stereocenters. The fourth-order valence-electron chi connectivity index (χ4n) is 1.79. The molecule has 0 bridgehead atoms. The zero-order valence-corrected chi connectivity index (χ0v) is 11.8. The van der Waals surface area contributed by atoms with Crippen LogP contribution >= 0.6 is 11.8 Å². The van der Waals surface area contributed by atoms with E-state index in [9.17, 15) is 9.59 Å². The molecule has 108 valence electrons. The second kappa shape index (κ2) is 6.32.